The molecule has 0 saturated heterocycles. The van der Waals surface area contributed by atoms with Gasteiger partial charge in [-0.05, 0) is 101 Å². The summed E-state index contributed by atoms with van der Waals surface area (Å²) >= 11 is 8.75. The molecule has 0 aliphatic heterocycles. The number of benzene rings is 4. The summed E-state index contributed by atoms with van der Waals surface area (Å²) < 4.78 is 34.9. The Bertz CT molecular complexity index is 1610. The Hall–Kier alpha value is -3.73. The van der Waals surface area contributed by atoms with Crippen molar-refractivity contribution in [2.75, 3.05) is 16.6 Å². The standard InChI is InChI=1S/C30H28BrN3O4S2/c1-20-7-6-8-21(2)28(20)34-40(36,37)25-14-12-24(13-15-25)32-30(39)33-29(35)23-11-16-27(26(31)19-23)38-18-17-22-9-4-3-5-10-22/h3-16,19,34H,17-18H2,1-2H3,(H2,32,33,35,39). The summed E-state index contributed by atoms with van der Waals surface area (Å²) in [4.78, 5) is 12.8. The minimum Gasteiger partial charge on any atom is -0.492 e. The van der Waals surface area contributed by atoms with Crippen LogP contribution in [0.5, 0.6) is 5.75 Å². The Morgan fingerprint density at radius 3 is 2.23 bits per heavy atom. The molecule has 0 aromatic heterocycles. The number of carbonyl (C=O) groups excluding carboxylic acids is 1. The van der Waals surface area contributed by atoms with Crippen LogP contribution in [0.15, 0.2) is 100 Å². The number of sulfonamides is 1. The van der Waals surface area contributed by atoms with E-state index < -0.39 is 15.9 Å². The van der Waals surface area contributed by atoms with Crippen molar-refractivity contribution in [1.29, 1.82) is 0 Å². The highest BCUT2D eigenvalue weighted by molar-refractivity contribution is 9.10. The molecule has 0 spiro atoms. The van der Waals surface area contributed by atoms with Gasteiger partial charge in [-0.1, -0.05) is 48.5 Å². The smallest absolute Gasteiger partial charge is 0.261 e. The number of para-hydroxylation sites is 1. The van der Waals surface area contributed by atoms with Crippen LogP contribution in [0.2, 0.25) is 0 Å². The summed E-state index contributed by atoms with van der Waals surface area (Å²) in [5, 5.41) is 5.62. The molecule has 4 rings (SSSR count). The maximum absolute atomic E-state index is 12.9. The third kappa shape index (κ3) is 7.68. The molecule has 0 aliphatic rings. The molecule has 4 aromatic rings. The van der Waals surface area contributed by atoms with Gasteiger partial charge in [0, 0.05) is 17.7 Å². The fourth-order valence-corrected chi connectivity index (χ4v) is 5.81. The minimum atomic E-state index is -3.78. The van der Waals surface area contributed by atoms with Crippen molar-refractivity contribution in [1.82, 2.24) is 5.32 Å². The largest absolute Gasteiger partial charge is 0.492 e. The highest BCUT2D eigenvalue weighted by Gasteiger charge is 2.17. The summed E-state index contributed by atoms with van der Waals surface area (Å²) in [5.74, 6) is 0.237. The van der Waals surface area contributed by atoms with Gasteiger partial charge < -0.3 is 10.1 Å². The Labute approximate surface area is 248 Å². The second kappa shape index (κ2) is 13.1. The first-order valence-corrected chi connectivity index (χ1v) is 15.1. The van der Waals surface area contributed by atoms with E-state index >= 15 is 0 Å². The second-order valence-electron chi connectivity index (χ2n) is 9.03. The number of rotatable bonds is 9. The van der Waals surface area contributed by atoms with E-state index in [9.17, 15) is 13.2 Å². The second-order valence-corrected chi connectivity index (χ2v) is 12.0. The number of amides is 1. The summed E-state index contributed by atoms with van der Waals surface area (Å²) in [6.45, 7) is 4.20. The van der Waals surface area contributed by atoms with Crippen LogP contribution in [-0.2, 0) is 16.4 Å². The van der Waals surface area contributed by atoms with Gasteiger partial charge in [0.25, 0.3) is 15.9 Å². The molecule has 0 heterocycles. The van der Waals surface area contributed by atoms with Gasteiger partial charge in [-0.2, -0.15) is 0 Å². The van der Waals surface area contributed by atoms with Crippen LogP contribution in [0.1, 0.15) is 27.0 Å². The molecular formula is C30H28BrN3O4S2. The SMILES string of the molecule is Cc1cccc(C)c1NS(=O)(=O)c1ccc(NC(=S)NC(=O)c2ccc(OCCc3ccccc3)c(Br)c2)cc1. The summed E-state index contributed by atoms with van der Waals surface area (Å²) in [5.41, 5.74) is 4.33. The first-order valence-electron chi connectivity index (χ1n) is 12.4. The fourth-order valence-electron chi connectivity index (χ4n) is 3.91. The van der Waals surface area contributed by atoms with E-state index in [0.717, 1.165) is 17.5 Å². The van der Waals surface area contributed by atoms with Gasteiger partial charge in [0.2, 0.25) is 0 Å². The first-order chi connectivity index (χ1) is 19.1. The third-order valence-electron chi connectivity index (χ3n) is 6.05. The highest BCUT2D eigenvalue weighted by Crippen LogP contribution is 2.27. The molecule has 10 heteroatoms. The molecule has 0 radical (unpaired) electrons. The highest BCUT2D eigenvalue weighted by atomic mass is 79.9. The molecule has 40 heavy (non-hydrogen) atoms. The number of anilines is 2. The monoisotopic (exact) mass is 637 g/mol. The summed E-state index contributed by atoms with van der Waals surface area (Å²) in [6, 6.07) is 26.8. The number of nitrogens with one attached hydrogen (secondary N) is 3. The molecule has 0 fully saturated rings. The van der Waals surface area contributed by atoms with Crippen molar-refractivity contribution in [3.8, 4) is 5.75 Å². The fraction of sp³-hybridized carbons (Fsp3) is 0.133. The molecule has 0 unspecified atom stereocenters. The average molecular weight is 639 g/mol. The Kier molecular flexibility index (Phi) is 9.57. The number of thiocarbonyl (C=S) groups is 1. The van der Waals surface area contributed by atoms with Gasteiger partial charge >= 0.3 is 0 Å². The molecule has 4 aromatic carbocycles. The average Bonchev–Trinajstić information content (AvgIpc) is 2.92. The molecule has 1 amide bonds. The predicted octanol–water partition coefficient (Wildman–Crippen LogP) is 6.62. The number of hydrogen-bond acceptors (Lipinski definition) is 5. The topological polar surface area (TPSA) is 96.5 Å². The van der Waals surface area contributed by atoms with E-state index in [1.54, 1.807) is 30.3 Å². The van der Waals surface area contributed by atoms with Crippen LogP contribution in [0.4, 0.5) is 11.4 Å². The van der Waals surface area contributed by atoms with E-state index in [1.807, 2.05) is 62.4 Å². The molecular weight excluding hydrogens is 610 g/mol. The van der Waals surface area contributed by atoms with Crippen molar-refractivity contribution < 1.29 is 17.9 Å². The Balaban J connectivity index is 1.31. The Morgan fingerprint density at radius 2 is 1.57 bits per heavy atom. The molecule has 0 bridgehead atoms. The van der Waals surface area contributed by atoms with Crippen LogP contribution in [-0.4, -0.2) is 26.0 Å². The van der Waals surface area contributed by atoms with Crippen LogP contribution in [0.25, 0.3) is 0 Å². The number of hydrogen-bond donors (Lipinski definition) is 3. The van der Waals surface area contributed by atoms with Gasteiger partial charge in [-0.3, -0.25) is 14.8 Å². The van der Waals surface area contributed by atoms with E-state index in [1.165, 1.54) is 17.7 Å². The van der Waals surface area contributed by atoms with Crippen LogP contribution >= 0.6 is 28.1 Å². The third-order valence-corrected chi connectivity index (χ3v) is 8.24. The number of ether oxygens (including phenoxy) is 1. The van der Waals surface area contributed by atoms with Gasteiger partial charge in [0.05, 0.1) is 21.7 Å². The van der Waals surface area contributed by atoms with Gasteiger partial charge in [0.1, 0.15) is 5.75 Å². The lowest BCUT2D eigenvalue weighted by Crippen LogP contribution is -2.34. The lowest BCUT2D eigenvalue weighted by atomic mass is 10.1. The van der Waals surface area contributed by atoms with Crippen molar-refractivity contribution in [2.45, 2.75) is 25.2 Å². The quantitative estimate of drug-likeness (QED) is 0.179. The Morgan fingerprint density at radius 1 is 0.900 bits per heavy atom. The molecule has 0 aliphatic carbocycles. The van der Waals surface area contributed by atoms with E-state index in [2.05, 4.69) is 31.3 Å². The van der Waals surface area contributed by atoms with Crippen LogP contribution in [0.3, 0.4) is 0 Å². The normalized spacial score (nSPS) is 11.0. The molecule has 3 N–H and O–H groups in total. The van der Waals surface area contributed by atoms with Gasteiger partial charge in [-0.15, -0.1) is 0 Å². The maximum Gasteiger partial charge on any atom is 0.261 e. The van der Waals surface area contributed by atoms with E-state index in [0.29, 0.717) is 33.8 Å². The summed E-state index contributed by atoms with van der Waals surface area (Å²) in [6.07, 6.45) is 0.769. The number of aryl methyl sites for hydroxylation is 2. The molecule has 0 atom stereocenters. The lowest BCUT2D eigenvalue weighted by Gasteiger charge is -2.14. The number of carbonyl (C=O) groups is 1. The lowest BCUT2D eigenvalue weighted by molar-refractivity contribution is 0.0977. The van der Waals surface area contributed by atoms with Crippen LogP contribution < -0.4 is 20.1 Å². The van der Waals surface area contributed by atoms with Crippen LogP contribution in [0, 0.1) is 13.8 Å². The minimum absolute atomic E-state index is 0.0774. The van der Waals surface area contributed by atoms with Crippen molar-refractivity contribution in [3.63, 3.8) is 0 Å². The van der Waals surface area contributed by atoms with Crippen molar-refractivity contribution in [3.05, 3.63) is 118 Å². The zero-order chi connectivity index (χ0) is 28.7. The predicted molar refractivity (Wildman–Crippen MR) is 167 cm³/mol. The van der Waals surface area contributed by atoms with Crippen molar-refractivity contribution in [2.24, 2.45) is 0 Å². The molecule has 7 nitrogen and oxygen atoms in total. The summed E-state index contributed by atoms with van der Waals surface area (Å²) in [7, 11) is -3.78. The van der Waals surface area contributed by atoms with E-state index in [-0.39, 0.29) is 10.0 Å². The van der Waals surface area contributed by atoms with Gasteiger partial charge in [0.15, 0.2) is 5.11 Å². The zero-order valence-electron chi connectivity index (χ0n) is 21.9. The molecule has 0 saturated carbocycles. The van der Waals surface area contributed by atoms with Crippen molar-refractivity contribution >= 4 is 60.6 Å². The maximum atomic E-state index is 12.9. The number of halogens is 1. The van der Waals surface area contributed by atoms with Gasteiger partial charge in [-0.25, -0.2) is 8.42 Å². The first kappa shape index (κ1) is 29.3. The zero-order valence-corrected chi connectivity index (χ0v) is 25.1. The molecule has 206 valence electrons. The van der Waals surface area contributed by atoms with E-state index in [4.69, 9.17) is 17.0 Å².